The zero-order chi connectivity index (χ0) is 26.9. The Morgan fingerprint density at radius 1 is 1.11 bits per heavy atom. The third kappa shape index (κ3) is 6.29. The Kier molecular flexibility index (Phi) is 8.58. The molecule has 2 heterocycles. The van der Waals surface area contributed by atoms with Crippen LogP contribution in [-0.2, 0) is 16.1 Å². The lowest BCUT2D eigenvalue weighted by Gasteiger charge is -2.13. The minimum Gasteiger partial charge on any atom is -0.489 e. The number of aryl methyl sites for hydroxylation is 1. The fourth-order valence-electron chi connectivity index (χ4n) is 4.19. The van der Waals surface area contributed by atoms with Crippen molar-refractivity contribution < 1.29 is 19.0 Å². The molecule has 0 aliphatic heterocycles. The Balaban J connectivity index is 1.53. The van der Waals surface area contributed by atoms with Gasteiger partial charge in [-0.15, -0.1) is 5.92 Å². The molecule has 38 heavy (non-hydrogen) atoms. The molecule has 192 valence electrons. The van der Waals surface area contributed by atoms with Crippen LogP contribution in [0.2, 0.25) is 0 Å². The van der Waals surface area contributed by atoms with Gasteiger partial charge in [0.25, 0.3) is 0 Å². The molecule has 1 unspecified atom stereocenters. The van der Waals surface area contributed by atoms with E-state index in [-0.39, 0.29) is 24.9 Å². The SMILES string of the molecule is CC#CC(CC(=O)OCC)c1ccc(OCc2cc(-c3ccc(OCC#N)cc3C)cn3ncnc23)cc1. The smallest absolute Gasteiger partial charge is 0.307 e. The Morgan fingerprint density at radius 2 is 1.89 bits per heavy atom. The number of carbonyl (C=O) groups is 1. The number of pyridine rings is 1. The molecule has 4 rings (SSSR count). The van der Waals surface area contributed by atoms with Gasteiger partial charge >= 0.3 is 5.97 Å². The van der Waals surface area contributed by atoms with Crippen molar-refractivity contribution in [2.24, 2.45) is 0 Å². The maximum atomic E-state index is 12.0. The van der Waals surface area contributed by atoms with E-state index in [9.17, 15) is 4.79 Å². The van der Waals surface area contributed by atoms with E-state index in [4.69, 9.17) is 19.5 Å². The molecule has 0 fully saturated rings. The quantitative estimate of drug-likeness (QED) is 0.213. The number of nitrogens with zero attached hydrogens (tertiary/aromatic N) is 4. The van der Waals surface area contributed by atoms with Gasteiger partial charge in [-0.05, 0) is 67.8 Å². The third-order valence-electron chi connectivity index (χ3n) is 5.94. The largest absolute Gasteiger partial charge is 0.489 e. The van der Waals surface area contributed by atoms with Crippen LogP contribution in [0.1, 0.15) is 42.9 Å². The van der Waals surface area contributed by atoms with Crippen LogP contribution >= 0.6 is 0 Å². The molecule has 1 atom stereocenters. The summed E-state index contributed by atoms with van der Waals surface area (Å²) in [6.07, 6.45) is 3.65. The van der Waals surface area contributed by atoms with Crippen LogP contribution in [0.4, 0.5) is 0 Å². The summed E-state index contributed by atoms with van der Waals surface area (Å²) in [4.78, 5) is 16.4. The summed E-state index contributed by atoms with van der Waals surface area (Å²) in [7, 11) is 0. The monoisotopic (exact) mass is 508 g/mol. The summed E-state index contributed by atoms with van der Waals surface area (Å²) >= 11 is 0. The van der Waals surface area contributed by atoms with Crippen LogP contribution < -0.4 is 9.47 Å². The lowest BCUT2D eigenvalue weighted by molar-refractivity contribution is -0.143. The molecule has 0 spiro atoms. The van der Waals surface area contributed by atoms with Gasteiger partial charge < -0.3 is 14.2 Å². The number of rotatable bonds is 10. The van der Waals surface area contributed by atoms with Crippen LogP contribution in [0.15, 0.2) is 61.1 Å². The molecule has 8 nitrogen and oxygen atoms in total. The fourth-order valence-corrected chi connectivity index (χ4v) is 4.19. The topological polar surface area (TPSA) is 98.7 Å². The predicted octanol–water partition coefficient (Wildman–Crippen LogP) is 5.25. The zero-order valence-electron chi connectivity index (χ0n) is 21.6. The lowest BCUT2D eigenvalue weighted by atomic mass is 9.96. The van der Waals surface area contributed by atoms with Gasteiger partial charge in [0.1, 0.15) is 30.5 Å². The summed E-state index contributed by atoms with van der Waals surface area (Å²) in [5.41, 5.74) is 5.51. The van der Waals surface area contributed by atoms with E-state index in [0.717, 1.165) is 27.8 Å². The molecule has 2 aromatic heterocycles. The molecule has 4 aromatic rings. The van der Waals surface area contributed by atoms with E-state index in [0.29, 0.717) is 30.4 Å². The minimum absolute atomic E-state index is 0.00419. The normalized spacial score (nSPS) is 11.2. The molecule has 8 heteroatoms. The van der Waals surface area contributed by atoms with Gasteiger partial charge in [-0.2, -0.15) is 10.4 Å². The van der Waals surface area contributed by atoms with E-state index >= 15 is 0 Å². The second-order valence-electron chi connectivity index (χ2n) is 8.52. The average molecular weight is 509 g/mol. The Morgan fingerprint density at radius 3 is 2.61 bits per heavy atom. The summed E-state index contributed by atoms with van der Waals surface area (Å²) < 4.78 is 18.4. The Hall–Kier alpha value is -4.82. The lowest BCUT2D eigenvalue weighted by Crippen LogP contribution is -2.09. The molecule has 0 aliphatic carbocycles. The van der Waals surface area contributed by atoms with Crippen molar-refractivity contribution in [1.29, 1.82) is 5.26 Å². The third-order valence-corrected chi connectivity index (χ3v) is 5.94. The second-order valence-corrected chi connectivity index (χ2v) is 8.52. The fraction of sp³-hybridized carbons (Fsp3) is 0.267. The Bertz CT molecular complexity index is 1520. The van der Waals surface area contributed by atoms with Crippen molar-refractivity contribution in [3.63, 3.8) is 0 Å². The highest BCUT2D eigenvalue weighted by Crippen LogP contribution is 2.29. The minimum atomic E-state index is -0.266. The van der Waals surface area contributed by atoms with Crippen molar-refractivity contribution in [1.82, 2.24) is 14.6 Å². The zero-order valence-corrected chi connectivity index (χ0v) is 21.6. The van der Waals surface area contributed by atoms with Crippen LogP contribution in [0.5, 0.6) is 11.5 Å². The highest BCUT2D eigenvalue weighted by molar-refractivity contribution is 5.71. The second kappa shape index (κ2) is 12.4. The number of esters is 1. The molecule has 0 saturated carbocycles. The first kappa shape index (κ1) is 26.2. The Labute approximate surface area is 221 Å². The number of benzene rings is 2. The first-order valence-electron chi connectivity index (χ1n) is 12.3. The summed E-state index contributed by atoms with van der Waals surface area (Å²) in [5.74, 6) is 6.82. The molecule has 0 aliphatic rings. The number of hydrogen-bond acceptors (Lipinski definition) is 7. The van der Waals surface area contributed by atoms with Crippen molar-refractivity contribution in [3.05, 3.63) is 77.7 Å². The standard InChI is InChI=1S/C30H28N4O4/c1-4-6-23(17-29(35)36-5-2)22-7-9-26(10-8-22)38-19-25-16-24(18-34-30(25)32-20-33-34)28-12-11-27(15-21(28)3)37-14-13-31/h7-12,15-16,18,20,23H,5,14,17,19H2,1-3H3. The maximum Gasteiger partial charge on any atom is 0.307 e. The van der Waals surface area contributed by atoms with Crippen LogP contribution in [0, 0.1) is 30.1 Å². The molecule has 0 radical (unpaired) electrons. The highest BCUT2D eigenvalue weighted by Gasteiger charge is 2.15. The first-order chi connectivity index (χ1) is 18.5. The molecule has 0 N–H and O–H groups in total. The maximum absolute atomic E-state index is 12.0. The van der Waals surface area contributed by atoms with E-state index < -0.39 is 0 Å². The van der Waals surface area contributed by atoms with Gasteiger partial charge in [-0.1, -0.05) is 24.1 Å². The number of nitriles is 1. The van der Waals surface area contributed by atoms with Gasteiger partial charge in [-0.3, -0.25) is 4.79 Å². The number of aromatic nitrogens is 3. The number of carbonyl (C=O) groups excluding carboxylic acids is 1. The summed E-state index contributed by atoms with van der Waals surface area (Å²) in [5, 5.41) is 13.1. The number of fused-ring (bicyclic) bond motifs is 1. The van der Waals surface area contributed by atoms with Gasteiger partial charge in [0.05, 0.1) is 18.9 Å². The van der Waals surface area contributed by atoms with Crippen molar-refractivity contribution in [2.75, 3.05) is 13.2 Å². The predicted molar refractivity (Wildman–Crippen MR) is 142 cm³/mol. The van der Waals surface area contributed by atoms with Gasteiger partial charge in [-0.25, -0.2) is 9.50 Å². The van der Waals surface area contributed by atoms with Gasteiger partial charge in [0.2, 0.25) is 0 Å². The number of ether oxygens (including phenoxy) is 3. The van der Waals surface area contributed by atoms with E-state index in [1.807, 2.05) is 67.7 Å². The highest BCUT2D eigenvalue weighted by atomic mass is 16.5. The molecular formula is C30H28N4O4. The van der Waals surface area contributed by atoms with Crippen LogP contribution in [0.25, 0.3) is 16.8 Å². The average Bonchev–Trinajstić information content (AvgIpc) is 3.40. The molecule has 0 bridgehead atoms. The van der Waals surface area contributed by atoms with Crippen molar-refractivity contribution in [3.8, 4) is 40.5 Å². The van der Waals surface area contributed by atoms with Crippen molar-refractivity contribution >= 4 is 11.6 Å². The van der Waals surface area contributed by atoms with Gasteiger partial charge in [0.15, 0.2) is 12.3 Å². The van der Waals surface area contributed by atoms with E-state index in [1.165, 1.54) is 6.33 Å². The first-order valence-corrected chi connectivity index (χ1v) is 12.3. The molecule has 0 saturated heterocycles. The number of hydrogen-bond donors (Lipinski definition) is 0. The summed E-state index contributed by atoms with van der Waals surface area (Å²) in [6.45, 7) is 6.19. The van der Waals surface area contributed by atoms with E-state index in [2.05, 4.69) is 21.9 Å². The van der Waals surface area contributed by atoms with Gasteiger partial charge in [0, 0.05) is 17.3 Å². The van der Waals surface area contributed by atoms with Crippen molar-refractivity contribution in [2.45, 2.75) is 39.7 Å². The van der Waals surface area contributed by atoms with Crippen LogP contribution in [-0.4, -0.2) is 33.8 Å². The van der Waals surface area contributed by atoms with Crippen LogP contribution in [0.3, 0.4) is 0 Å². The van der Waals surface area contributed by atoms with E-state index in [1.54, 1.807) is 18.4 Å². The molecule has 2 aromatic carbocycles. The molecular weight excluding hydrogens is 480 g/mol. The summed E-state index contributed by atoms with van der Waals surface area (Å²) in [6, 6.07) is 17.3. The molecule has 0 amide bonds.